The molecular formula is C30H28Si. The van der Waals surface area contributed by atoms with Crippen molar-refractivity contribution < 1.29 is 0 Å². The fourth-order valence-electron chi connectivity index (χ4n) is 6.23. The van der Waals surface area contributed by atoms with Crippen molar-refractivity contribution in [2.24, 2.45) is 0 Å². The van der Waals surface area contributed by atoms with Crippen molar-refractivity contribution in [2.75, 3.05) is 0 Å². The summed E-state index contributed by atoms with van der Waals surface area (Å²) in [6, 6.07) is 27.5. The van der Waals surface area contributed by atoms with Crippen LogP contribution in [0.4, 0.5) is 0 Å². The molecule has 0 atom stereocenters. The summed E-state index contributed by atoms with van der Waals surface area (Å²) in [7, 11) is -1.84. The molecule has 0 fully saturated rings. The second-order valence-corrected chi connectivity index (χ2v) is 14.1. The molecule has 2 aliphatic rings. The maximum atomic E-state index is 2.54. The zero-order valence-corrected chi connectivity index (χ0v) is 19.8. The first-order valence-corrected chi connectivity index (χ1v) is 14.4. The summed E-state index contributed by atoms with van der Waals surface area (Å²) in [5.74, 6) is 0. The first-order chi connectivity index (χ1) is 15.0. The minimum absolute atomic E-state index is 1.08. The quantitative estimate of drug-likeness (QED) is 0.292. The van der Waals surface area contributed by atoms with Gasteiger partial charge in [0.2, 0.25) is 0 Å². The molecule has 0 aromatic heterocycles. The van der Waals surface area contributed by atoms with Crippen molar-refractivity contribution in [3.05, 3.63) is 106 Å². The molecule has 0 saturated heterocycles. The van der Waals surface area contributed by atoms with Gasteiger partial charge in [0.15, 0.2) is 0 Å². The Bertz CT molecular complexity index is 1270. The Balaban J connectivity index is 1.47. The zero-order valence-electron chi connectivity index (χ0n) is 18.8. The number of hydrogen-bond donors (Lipinski definition) is 0. The highest BCUT2D eigenvalue weighted by atomic mass is 28.3. The van der Waals surface area contributed by atoms with Crippen molar-refractivity contribution in [3.8, 4) is 22.3 Å². The van der Waals surface area contributed by atoms with Crippen molar-refractivity contribution in [3.63, 3.8) is 0 Å². The van der Waals surface area contributed by atoms with Crippen molar-refractivity contribution >= 4 is 18.4 Å². The lowest BCUT2D eigenvalue weighted by molar-refractivity contribution is 1.22. The van der Waals surface area contributed by atoms with Crippen LogP contribution in [0.15, 0.2) is 72.8 Å². The van der Waals surface area contributed by atoms with Gasteiger partial charge >= 0.3 is 0 Å². The Morgan fingerprint density at radius 1 is 0.516 bits per heavy atom. The van der Waals surface area contributed by atoms with E-state index in [1.54, 1.807) is 21.5 Å². The Morgan fingerprint density at radius 2 is 0.935 bits per heavy atom. The van der Waals surface area contributed by atoms with Gasteiger partial charge in [0.1, 0.15) is 8.07 Å². The second-order valence-electron chi connectivity index (χ2n) is 9.82. The lowest BCUT2D eigenvalue weighted by Crippen LogP contribution is -2.55. The minimum Gasteiger partial charge on any atom is -0.0619 e. The molecule has 152 valence electrons. The Morgan fingerprint density at radius 3 is 1.39 bits per heavy atom. The fraction of sp³-hybridized carbons (Fsp3) is 0.200. The molecule has 0 bridgehead atoms. The molecule has 4 aromatic carbocycles. The lowest BCUT2D eigenvalue weighted by atomic mass is 10.0. The molecule has 31 heavy (non-hydrogen) atoms. The van der Waals surface area contributed by atoms with Crippen LogP contribution in [-0.4, -0.2) is 8.07 Å². The average Bonchev–Trinajstić information content (AvgIpc) is 3.34. The molecule has 4 aromatic rings. The molecule has 0 amide bonds. The Kier molecular flexibility index (Phi) is 3.98. The maximum absolute atomic E-state index is 2.54. The average molecular weight is 417 g/mol. The second kappa shape index (κ2) is 6.55. The van der Waals surface area contributed by atoms with E-state index < -0.39 is 8.07 Å². The third kappa shape index (κ3) is 2.60. The van der Waals surface area contributed by atoms with Crippen LogP contribution in [0.2, 0.25) is 13.1 Å². The normalized spacial score (nSPS) is 13.5. The van der Waals surface area contributed by atoms with Crippen LogP contribution in [0, 0.1) is 13.8 Å². The number of hydrogen-bond acceptors (Lipinski definition) is 0. The predicted molar refractivity (Wildman–Crippen MR) is 136 cm³/mol. The lowest BCUT2D eigenvalue weighted by Gasteiger charge is -2.29. The first-order valence-electron chi connectivity index (χ1n) is 11.4. The number of benzene rings is 4. The van der Waals surface area contributed by atoms with Gasteiger partial charge in [-0.1, -0.05) is 96.3 Å². The molecule has 1 heteroatoms. The van der Waals surface area contributed by atoms with Crippen LogP contribution in [0.25, 0.3) is 22.3 Å². The van der Waals surface area contributed by atoms with Gasteiger partial charge in [0.25, 0.3) is 0 Å². The molecule has 0 heterocycles. The van der Waals surface area contributed by atoms with E-state index in [9.17, 15) is 0 Å². The third-order valence-electron chi connectivity index (χ3n) is 7.89. The number of rotatable bonds is 2. The van der Waals surface area contributed by atoms with Crippen LogP contribution >= 0.6 is 0 Å². The summed E-state index contributed by atoms with van der Waals surface area (Å²) in [6.45, 7) is 9.82. The van der Waals surface area contributed by atoms with Gasteiger partial charge in [-0.15, -0.1) is 0 Å². The number of fused-ring (bicyclic) bond motifs is 6. The molecule has 0 unspecified atom stereocenters. The van der Waals surface area contributed by atoms with Crippen LogP contribution in [0.3, 0.4) is 0 Å². The fourth-order valence-corrected chi connectivity index (χ4v) is 9.70. The topological polar surface area (TPSA) is 0 Å². The van der Waals surface area contributed by atoms with Gasteiger partial charge in [0.05, 0.1) is 0 Å². The zero-order chi connectivity index (χ0) is 21.3. The van der Waals surface area contributed by atoms with Crippen LogP contribution < -0.4 is 10.4 Å². The summed E-state index contributed by atoms with van der Waals surface area (Å²) < 4.78 is 0. The maximum Gasteiger partial charge on any atom is 0.112 e. The Hall–Kier alpha value is -2.90. The molecular weight excluding hydrogens is 388 g/mol. The van der Waals surface area contributed by atoms with E-state index in [4.69, 9.17) is 0 Å². The van der Waals surface area contributed by atoms with Crippen molar-refractivity contribution in [1.29, 1.82) is 0 Å². The molecule has 0 nitrogen and oxygen atoms in total. The highest BCUT2D eigenvalue weighted by Gasteiger charge is 2.34. The summed E-state index contributed by atoms with van der Waals surface area (Å²) in [5, 5.41) is 3.19. The van der Waals surface area contributed by atoms with Gasteiger partial charge in [0, 0.05) is 0 Å². The van der Waals surface area contributed by atoms with Gasteiger partial charge in [-0.2, -0.15) is 0 Å². The first kappa shape index (κ1) is 18.8. The van der Waals surface area contributed by atoms with Crippen LogP contribution in [0.1, 0.15) is 33.4 Å². The van der Waals surface area contributed by atoms with Crippen LogP contribution in [0.5, 0.6) is 0 Å². The smallest absolute Gasteiger partial charge is 0.0619 e. The highest BCUT2D eigenvalue weighted by Crippen LogP contribution is 2.39. The van der Waals surface area contributed by atoms with E-state index >= 15 is 0 Å². The van der Waals surface area contributed by atoms with E-state index in [0.29, 0.717) is 0 Å². The summed E-state index contributed by atoms with van der Waals surface area (Å²) in [5.41, 5.74) is 14.8. The van der Waals surface area contributed by atoms with Gasteiger partial charge in [-0.05, 0) is 82.3 Å². The van der Waals surface area contributed by atoms with Gasteiger partial charge in [-0.25, -0.2) is 0 Å². The monoisotopic (exact) mass is 416 g/mol. The molecule has 2 aliphatic carbocycles. The van der Waals surface area contributed by atoms with Crippen LogP contribution in [-0.2, 0) is 12.8 Å². The largest absolute Gasteiger partial charge is 0.112 e. The van der Waals surface area contributed by atoms with E-state index in [-0.39, 0.29) is 0 Å². The summed E-state index contributed by atoms with van der Waals surface area (Å²) in [4.78, 5) is 0. The molecule has 0 spiro atoms. The van der Waals surface area contributed by atoms with Gasteiger partial charge in [-0.3, -0.25) is 0 Å². The van der Waals surface area contributed by atoms with Crippen molar-refractivity contribution in [2.45, 2.75) is 39.8 Å². The summed E-state index contributed by atoms with van der Waals surface area (Å²) in [6.07, 6.45) is 2.16. The molecule has 0 aliphatic heterocycles. The Labute approximate surface area is 186 Å². The molecule has 0 saturated carbocycles. The molecule has 0 radical (unpaired) electrons. The third-order valence-corrected chi connectivity index (χ3v) is 11.7. The standard InChI is InChI=1S/C30H28Si/c1-19-27-17-21-9-5-7-11-23(21)25(27)13-15-29(19)31(3,4)30-16-14-26-24-12-8-6-10-22(24)18-28(26)20(30)2/h5-16H,17-18H2,1-4H3. The van der Waals surface area contributed by atoms with Crippen molar-refractivity contribution in [1.82, 2.24) is 0 Å². The van der Waals surface area contributed by atoms with Gasteiger partial charge < -0.3 is 0 Å². The van der Waals surface area contributed by atoms with E-state index in [0.717, 1.165) is 12.8 Å². The highest BCUT2D eigenvalue weighted by molar-refractivity contribution is 7.01. The summed E-state index contributed by atoms with van der Waals surface area (Å²) >= 11 is 0. The van der Waals surface area contributed by atoms with E-state index in [1.807, 2.05) is 0 Å². The molecule has 6 rings (SSSR count). The SMILES string of the molecule is Cc1c([Si](C)(C)c2ccc3c(c2C)Cc2ccccc2-3)ccc2c1Cc1ccccc1-2. The van der Waals surface area contributed by atoms with E-state index in [1.165, 1.54) is 44.5 Å². The predicted octanol–water partition coefficient (Wildman–Crippen LogP) is 6.27. The van der Waals surface area contributed by atoms with E-state index in [2.05, 4.69) is 99.7 Å². The minimum atomic E-state index is -1.84. The molecule has 0 N–H and O–H groups in total.